The molecular weight excluding hydrogens is 264 g/mol. The second kappa shape index (κ2) is 5.32. The van der Waals surface area contributed by atoms with Gasteiger partial charge < -0.3 is 4.74 Å². The summed E-state index contributed by atoms with van der Waals surface area (Å²) in [7, 11) is 0. The molecule has 0 saturated heterocycles. The van der Waals surface area contributed by atoms with Crippen molar-refractivity contribution in [1.82, 2.24) is 0 Å². The van der Waals surface area contributed by atoms with Crippen molar-refractivity contribution in [2.45, 2.75) is 20.0 Å². The molecule has 0 spiro atoms. The minimum atomic E-state index is -0.301. The van der Waals surface area contributed by atoms with E-state index in [0.29, 0.717) is 0 Å². The molecule has 14 heavy (non-hydrogen) atoms. The van der Waals surface area contributed by atoms with Gasteiger partial charge in [-0.25, -0.2) is 4.79 Å². The summed E-state index contributed by atoms with van der Waals surface area (Å²) in [6, 6.07) is 3.88. The van der Waals surface area contributed by atoms with Crippen LogP contribution in [0.3, 0.4) is 0 Å². The number of esters is 1. The normalized spacial score (nSPS) is 11.1. The quantitative estimate of drug-likeness (QED) is 0.623. The van der Waals surface area contributed by atoms with Crippen molar-refractivity contribution >= 4 is 39.3 Å². The Balaban J connectivity index is 2.51. The van der Waals surface area contributed by atoms with Gasteiger partial charge in [0.25, 0.3) is 0 Å². The van der Waals surface area contributed by atoms with E-state index in [2.05, 4.69) is 15.9 Å². The molecule has 4 heteroatoms. The Hall–Kier alpha value is -0.610. The first-order valence-corrected chi connectivity index (χ1v) is 5.83. The lowest BCUT2D eigenvalue weighted by Gasteiger charge is -2.03. The van der Waals surface area contributed by atoms with Crippen LogP contribution in [0.25, 0.3) is 6.08 Å². The van der Waals surface area contributed by atoms with Crippen LogP contribution in [0.2, 0.25) is 0 Å². The van der Waals surface area contributed by atoms with E-state index in [1.54, 1.807) is 17.4 Å². The third-order valence-corrected chi connectivity index (χ3v) is 2.92. The molecule has 0 amide bonds. The Morgan fingerprint density at radius 1 is 1.57 bits per heavy atom. The predicted molar refractivity (Wildman–Crippen MR) is 62.3 cm³/mol. The number of carbonyl (C=O) groups is 1. The van der Waals surface area contributed by atoms with Gasteiger partial charge in [-0.1, -0.05) is 0 Å². The topological polar surface area (TPSA) is 26.3 Å². The van der Waals surface area contributed by atoms with Gasteiger partial charge in [-0.2, -0.15) is 0 Å². The van der Waals surface area contributed by atoms with E-state index in [1.807, 2.05) is 26.0 Å². The first-order valence-electron chi connectivity index (χ1n) is 4.22. The van der Waals surface area contributed by atoms with E-state index >= 15 is 0 Å². The molecule has 0 unspecified atom stereocenters. The first kappa shape index (κ1) is 11.5. The fraction of sp³-hybridized carbons (Fsp3) is 0.300. The fourth-order valence-electron chi connectivity index (χ4n) is 0.840. The van der Waals surface area contributed by atoms with E-state index in [0.717, 1.165) is 8.66 Å². The highest BCUT2D eigenvalue weighted by Crippen LogP contribution is 2.22. The first-order chi connectivity index (χ1) is 6.58. The Morgan fingerprint density at radius 3 is 2.79 bits per heavy atom. The third-order valence-electron chi connectivity index (χ3n) is 1.33. The van der Waals surface area contributed by atoms with Crippen molar-refractivity contribution in [2.24, 2.45) is 0 Å². The predicted octanol–water partition coefficient (Wildman–Crippen LogP) is 3.48. The van der Waals surface area contributed by atoms with E-state index in [4.69, 9.17) is 4.74 Å². The Morgan fingerprint density at radius 2 is 2.29 bits per heavy atom. The molecule has 0 N–H and O–H groups in total. The lowest BCUT2D eigenvalue weighted by atomic mass is 10.4. The van der Waals surface area contributed by atoms with Crippen LogP contribution in [0.5, 0.6) is 0 Å². The molecule has 2 nitrogen and oxygen atoms in total. The van der Waals surface area contributed by atoms with Crippen LogP contribution in [0, 0.1) is 0 Å². The molecule has 1 aromatic heterocycles. The summed E-state index contributed by atoms with van der Waals surface area (Å²) in [5.41, 5.74) is 0. The number of thiophene rings is 1. The monoisotopic (exact) mass is 274 g/mol. The number of hydrogen-bond donors (Lipinski definition) is 0. The van der Waals surface area contributed by atoms with Gasteiger partial charge in [0.05, 0.1) is 9.89 Å². The summed E-state index contributed by atoms with van der Waals surface area (Å²) in [5.74, 6) is -0.301. The lowest BCUT2D eigenvalue weighted by Crippen LogP contribution is -2.08. The van der Waals surface area contributed by atoms with Crippen LogP contribution in [0.1, 0.15) is 18.7 Å². The van der Waals surface area contributed by atoms with Crippen LogP contribution in [-0.2, 0) is 9.53 Å². The molecule has 0 saturated carbocycles. The Labute approximate surface area is 95.7 Å². The molecule has 1 heterocycles. The standard InChI is InChI=1S/C10H11BrO2S/c1-7(2)13-10(12)6-4-8-3-5-9(11)14-8/h3-7H,1-2H3. The van der Waals surface area contributed by atoms with Gasteiger partial charge in [0.1, 0.15) is 0 Å². The van der Waals surface area contributed by atoms with Gasteiger partial charge in [-0.05, 0) is 48.0 Å². The molecule has 0 aliphatic rings. The van der Waals surface area contributed by atoms with E-state index in [9.17, 15) is 4.79 Å². The highest BCUT2D eigenvalue weighted by atomic mass is 79.9. The molecule has 0 bridgehead atoms. The molecule has 0 aromatic carbocycles. The molecule has 0 aliphatic carbocycles. The number of ether oxygens (including phenoxy) is 1. The van der Waals surface area contributed by atoms with Crippen molar-refractivity contribution < 1.29 is 9.53 Å². The molecule has 0 fully saturated rings. The number of rotatable bonds is 3. The zero-order chi connectivity index (χ0) is 10.6. The zero-order valence-electron chi connectivity index (χ0n) is 7.99. The molecular formula is C10H11BrO2S. The number of halogens is 1. The van der Waals surface area contributed by atoms with Crippen molar-refractivity contribution in [3.05, 3.63) is 26.9 Å². The van der Waals surface area contributed by atoms with Crippen molar-refractivity contribution in [3.8, 4) is 0 Å². The largest absolute Gasteiger partial charge is 0.460 e. The van der Waals surface area contributed by atoms with E-state index < -0.39 is 0 Å². The van der Waals surface area contributed by atoms with Crippen molar-refractivity contribution in [3.63, 3.8) is 0 Å². The van der Waals surface area contributed by atoms with Gasteiger partial charge in [0.2, 0.25) is 0 Å². The van der Waals surface area contributed by atoms with E-state index in [-0.39, 0.29) is 12.1 Å². The maximum atomic E-state index is 11.1. The van der Waals surface area contributed by atoms with Crippen LogP contribution in [-0.4, -0.2) is 12.1 Å². The molecule has 0 atom stereocenters. The molecule has 76 valence electrons. The second-order valence-corrected chi connectivity index (χ2v) is 5.46. The van der Waals surface area contributed by atoms with E-state index in [1.165, 1.54) is 6.08 Å². The summed E-state index contributed by atoms with van der Waals surface area (Å²) in [5, 5.41) is 0. The highest BCUT2D eigenvalue weighted by molar-refractivity contribution is 9.11. The average Bonchev–Trinajstić information content (AvgIpc) is 2.47. The number of hydrogen-bond acceptors (Lipinski definition) is 3. The van der Waals surface area contributed by atoms with Gasteiger partial charge in [0.15, 0.2) is 0 Å². The Bertz CT molecular complexity index is 342. The van der Waals surface area contributed by atoms with Crippen molar-refractivity contribution in [1.29, 1.82) is 0 Å². The minimum absolute atomic E-state index is 0.0674. The third kappa shape index (κ3) is 4.07. The maximum absolute atomic E-state index is 11.1. The molecule has 1 rings (SSSR count). The van der Waals surface area contributed by atoms with Gasteiger partial charge in [-0.3, -0.25) is 0 Å². The summed E-state index contributed by atoms with van der Waals surface area (Å²) in [6.07, 6.45) is 3.13. The SMILES string of the molecule is CC(C)OC(=O)C=Cc1ccc(Br)s1. The van der Waals surface area contributed by atoms with Crippen molar-refractivity contribution in [2.75, 3.05) is 0 Å². The van der Waals surface area contributed by atoms with Crippen LogP contribution in [0.4, 0.5) is 0 Å². The molecule has 0 radical (unpaired) electrons. The number of carbonyl (C=O) groups excluding carboxylic acids is 1. The average molecular weight is 275 g/mol. The second-order valence-electron chi connectivity index (χ2n) is 2.96. The highest BCUT2D eigenvalue weighted by Gasteiger charge is 2.00. The van der Waals surface area contributed by atoms with Crippen LogP contribution >= 0.6 is 27.3 Å². The van der Waals surface area contributed by atoms with Gasteiger partial charge in [0, 0.05) is 11.0 Å². The summed E-state index contributed by atoms with van der Waals surface area (Å²) < 4.78 is 6.00. The smallest absolute Gasteiger partial charge is 0.331 e. The van der Waals surface area contributed by atoms with Gasteiger partial charge >= 0.3 is 5.97 Å². The van der Waals surface area contributed by atoms with Gasteiger partial charge in [-0.15, -0.1) is 11.3 Å². The fourth-order valence-corrected chi connectivity index (χ4v) is 2.17. The Kier molecular flexibility index (Phi) is 4.35. The van der Waals surface area contributed by atoms with Crippen LogP contribution in [0.15, 0.2) is 22.0 Å². The summed E-state index contributed by atoms with van der Waals surface area (Å²) in [6.45, 7) is 3.65. The van der Waals surface area contributed by atoms with Crippen LogP contribution < -0.4 is 0 Å². The lowest BCUT2D eigenvalue weighted by molar-refractivity contribution is -0.141. The summed E-state index contributed by atoms with van der Waals surface area (Å²) in [4.78, 5) is 12.1. The molecule has 1 aromatic rings. The maximum Gasteiger partial charge on any atom is 0.331 e. The zero-order valence-corrected chi connectivity index (χ0v) is 10.4. The molecule has 0 aliphatic heterocycles. The minimum Gasteiger partial charge on any atom is -0.460 e. The summed E-state index contributed by atoms with van der Waals surface area (Å²) >= 11 is 4.92.